The quantitative estimate of drug-likeness (QED) is 0.289. The van der Waals surface area contributed by atoms with Crippen molar-refractivity contribution in [2.75, 3.05) is 20.3 Å². The molecule has 0 unspecified atom stereocenters. The van der Waals surface area contributed by atoms with E-state index in [1.165, 1.54) is 7.11 Å². The van der Waals surface area contributed by atoms with Crippen molar-refractivity contribution < 1.29 is 34.4 Å². The van der Waals surface area contributed by atoms with Crippen LogP contribution in [0.2, 0.25) is 0 Å². The number of carbonyl (C=O) groups is 2. The number of aliphatic hydroxyl groups excluding tert-OH is 3. The van der Waals surface area contributed by atoms with Gasteiger partial charge in [0.2, 0.25) is 11.8 Å². The Labute approximate surface area is 237 Å². The second-order valence-electron chi connectivity index (χ2n) is 10.4. The highest BCUT2D eigenvalue weighted by Crippen LogP contribution is 2.39. The lowest BCUT2D eigenvalue weighted by molar-refractivity contribution is -0.150. The number of aliphatic hydroxyl groups is 3. The van der Waals surface area contributed by atoms with Crippen LogP contribution in [-0.2, 0) is 16.2 Å². The van der Waals surface area contributed by atoms with Gasteiger partial charge in [-0.25, -0.2) is 0 Å². The lowest BCUT2D eigenvalue weighted by atomic mass is 9.80. The van der Waals surface area contributed by atoms with Crippen LogP contribution in [-0.4, -0.2) is 76.6 Å². The molecule has 0 aromatic heterocycles. The number of hydrogen-bond acceptors (Lipinski definition) is 7. The number of nitrogens with zero attached hydrogens (tertiary/aromatic N) is 1. The molecule has 0 bridgehead atoms. The zero-order valence-electron chi connectivity index (χ0n) is 21.9. The molecule has 3 aliphatic rings. The smallest absolute Gasteiger partial charge is 0.247 e. The van der Waals surface area contributed by atoms with Crippen molar-refractivity contribution in [2.24, 2.45) is 5.92 Å². The summed E-state index contributed by atoms with van der Waals surface area (Å²) in [6, 6.07) is 2.86. The molecule has 1 aromatic carbocycles. The summed E-state index contributed by atoms with van der Waals surface area (Å²) in [7, 11) is 1.51. The minimum absolute atomic E-state index is 0.0236. The first-order valence-electron chi connectivity index (χ1n) is 13.6. The summed E-state index contributed by atoms with van der Waals surface area (Å²) in [6.07, 6.45) is 7.59. The van der Waals surface area contributed by atoms with Crippen LogP contribution in [0, 0.1) is 9.49 Å². The number of carbonyl (C=O) groups excluding carboxylic acids is 2. The van der Waals surface area contributed by atoms with Crippen LogP contribution in [0.5, 0.6) is 11.5 Å². The van der Waals surface area contributed by atoms with Gasteiger partial charge in [-0.3, -0.25) is 9.59 Å². The third-order valence-electron chi connectivity index (χ3n) is 7.97. The second kappa shape index (κ2) is 13.5. The number of rotatable bonds is 10. The van der Waals surface area contributed by atoms with E-state index in [9.17, 15) is 24.9 Å². The lowest BCUT2D eigenvalue weighted by Crippen LogP contribution is -2.60. The molecule has 3 atom stereocenters. The van der Waals surface area contributed by atoms with Gasteiger partial charge in [-0.1, -0.05) is 25.7 Å². The largest absolute Gasteiger partial charge is 0.493 e. The highest BCUT2D eigenvalue weighted by molar-refractivity contribution is 14.1. The average molecular weight is 643 g/mol. The first-order chi connectivity index (χ1) is 18.4. The maximum Gasteiger partial charge on any atom is 0.247 e. The van der Waals surface area contributed by atoms with E-state index in [0.717, 1.165) is 51.4 Å². The molecule has 4 N–H and O–H groups in total. The Morgan fingerprint density at radius 1 is 1.11 bits per heavy atom. The fourth-order valence-electron chi connectivity index (χ4n) is 5.70. The van der Waals surface area contributed by atoms with Crippen molar-refractivity contribution in [3.05, 3.63) is 32.9 Å². The molecule has 2 saturated carbocycles. The number of amides is 2. The molecule has 0 radical (unpaired) electrons. The van der Waals surface area contributed by atoms with Gasteiger partial charge in [0.05, 0.1) is 29.9 Å². The molecule has 210 valence electrons. The van der Waals surface area contributed by atoms with E-state index in [2.05, 4.69) is 27.9 Å². The zero-order chi connectivity index (χ0) is 27.2. The zero-order valence-corrected chi connectivity index (χ0v) is 24.1. The molecule has 0 heterocycles. The molecule has 38 heavy (non-hydrogen) atoms. The highest BCUT2D eigenvalue weighted by Gasteiger charge is 2.45. The first kappa shape index (κ1) is 29.1. The second-order valence-corrected chi connectivity index (χ2v) is 11.6. The van der Waals surface area contributed by atoms with Crippen molar-refractivity contribution >= 4 is 34.4 Å². The monoisotopic (exact) mass is 642 g/mol. The Balaban J connectivity index is 1.70. The normalized spacial score (nSPS) is 24.2. The summed E-state index contributed by atoms with van der Waals surface area (Å²) in [6.45, 7) is -0.238. The number of halogens is 1. The number of methoxy groups -OCH3 is 1. The number of hydrogen-bond donors (Lipinski definition) is 4. The SMILES string of the molecule is COc1cc(CO)cc(I)c1O[C@H]1C=C(C(=O)NCCO)C[C@@H](N(C(=O)C2CCC2)C2CCCCC2)[C@@H]1O. The van der Waals surface area contributed by atoms with Gasteiger partial charge in [0.25, 0.3) is 0 Å². The van der Waals surface area contributed by atoms with Crippen LogP contribution in [0.15, 0.2) is 23.8 Å². The van der Waals surface area contributed by atoms with E-state index < -0.39 is 18.2 Å². The first-order valence-corrected chi connectivity index (χ1v) is 14.7. The lowest BCUT2D eigenvalue weighted by Gasteiger charge is -2.47. The number of benzene rings is 1. The minimum Gasteiger partial charge on any atom is -0.493 e. The van der Waals surface area contributed by atoms with E-state index in [4.69, 9.17) is 9.47 Å². The van der Waals surface area contributed by atoms with Gasteiger partial charge in [-0.15, -0.1) is 0 Å². The van der Waals surface area contributed by atoms with Gasteiger partial charge in [-0.2, -0.15) is 0 Å². The minimum atomic E-state index is -1.06. The molecule has 9 nitrogen and oxygen atoms in total. The van der Waals surface area contributed by atoms with Gasteiger partial charge in [0, 0.05) is 30.5 Å². The van der Waals surface area contributed by atoms with E-state index >= 15 is 0 Å². The standard InChI is InChI=1S/C28H39IN2O7/c1-37-24-13-17(16-33)12-21(29)26(24)38-23-15-19(27(35)30-10-11-32)14-22(25(23)34)31(20-8-3-2-4-9-20)28(36)18-6-5-7-18/h12-13,15,18,20,22-23,25,32-34H,2-11,14,16H2,1H3,(H,30,35)/t22-,23+,25+/m1/s1. The predicted octanol–water partition coefficient (Wildman–Crippen LogP) is 2.67. The third kappa shape index (κ3) is 6.46. The van der Waals surface area contributed by atoms with E-state index in [0.29, 0.717) is 26.2 Å². The van der Waals surface area contributed by atoms with Gasteiger partial charge in [0.1, 0.15) is 12.2 Å². The molecule has 10 heteroatoms. The molecule has 3 aliphatic carbocycles. The van der Waals surface area contributed by atoms with Crippen LogP contribution in [0.25, 0.3) is 0 Å². The fourth-order valence-corrected chi connectivity index (χ4v) is 6.50. The summed E-state index contributed by atoms with van der Waals surface area (Å²) >= 11 is 2.09. The maximum absolute atomic E-state index is 13.8. The summed E-state index contributed by atoms with van der Waals surface area (Å²) in [4.78, 5) is 28.7. The maximum atomic E-state index is 13.8. The van der Waals surface area contributed by atoms with Crippen LogP contribution in [0.4, 0.5) is 0 Å². The van der Waals surface area contributed by atoms with Crippen molar-refractivity contribution in [2.45, 2.75) is 88.7 Å². The van der Waals surface area contributed by atoms with Crippen molar-refractivity contribution in [1.29, 1.82) is 0 Å². The summed E-state index contributed by atoms with van der Waals surface area (Å²) < 4.78 is 12.6. The van der Waals surface area contributed by atoms with Gasteiger partial charge in [0.15, 0.2) is 11.5 Å². The summed E-state index contributed by atoms with van der Waals surface area (Å²) in [5.74, 6) is 0.498. The topological polar surface area (TPSA) is 129 Å². The van der Waals surface area contributed by atoms with Gasteiger partial charge in [-0.05, 0) is 72.0 Å². The Morgan fingerprint density at radius 2 is 1.84 bits per heavy atom. The summed E-state index contributed by atoms with van der Waals surface area (Å²) in [5, 5.41) is 33.3. The summed E-state index contributed by atoms with van der Waals surface area (Å²) in [5.41, 5.74) is 1.08. The highest BCUT2D eigenvalue weighted by atomic mass is 127. The van der Waals surface area contributed by atoms with Crippen LogP contribution in [0.3, 0.4) is 0 Å². The van der Waals surface area contributed by atoms with E-state index in [1.807, 2.05) is 4.90 Å². The Kier molecular flexibility index (Phi) is 10.3. The molecule has 1 aromatic rings. The van der Waals surface area contributed by atoms with E-state index in [-0.39, 0.29) is 50.0 Å². The van der Waals surface area contributed by atoms with Crippen molar-refractivity contribution in [3.63, 3.8) is 0 Å². The third-order valence-corrected chi connectivity index (χ3v) is 8.78. The van der Waals surface area contributed by atoms with Crippen molar-refractivity contribution in [1.82, 2.24) is 10.2 Å². The molecule has 0 spiro atoms. The predicted molar refractivity (Wildman–Crippen MR) is 150 cm³/mol. The number of ether oxygens (including phenoxy) is 2. The van der Waals surface area contributed by atoms with Gasteiger partial charge >= 0.3 is 0 Å². The Hall–Kier alpha value is -1.89. The van der Waals surface area contributed by atoms with Crippen molar-refractivity contribution in [3.8, 4) is 11.5 Å². The molecular weight excluding hydrogens is 603 g/mol. The Morgan fingerprint density at radius 3 is 2.45 bits per heavy atom. The molecule has 2 amide bonds. The molecule has 4 rings (SSSR count). The molecule has 2 fully saturated rings. The van der Waals surface area contributed by atoms with Crippen LogP contribution in [0.1, 0.15) is 63.4 Å². The fraction of sp³-hybridized carbons (Fsp3) is 0.643. The van der Waals surface area contributed by atoms with Crippen LogP contribution >= 0.6 is 22.6 Å². The number of nitrogens with one attached hydrogen (secondary N) is 1. The van der Waals surface area contributed by atoms with E-state index in [1.54, 1.807) is 18.2 Å². The average Bonchev–Trinajstić information content (AvgIpc) is 2.89. The molecular formula is C28H39IN2O7. The molecule has 0 saturated heterocycles. The van der Waals surface area contributed by atoms with Crippen LogP contribution < -0.4 is 14.8 Å². The van der Waals surface area contributed by atoms with Gasteiger partial charge < -0.3 is 35.0 Å². The Bertz CT molecular complexity index is 1020. The molecule has 0 aliphatic heterocycles.